The smallest absolute Gasteiger partial charge is 0.264 e. The predicted octanol–water partition coefficient (Wildman–Crippen LogP) is 4.80. The maximum absolute atomic E-state index is 13.4. The fraction of sp³-hybridized carbons (Fsp3) is 0.174. The van der Waals surface area contributed by atoms with Gasteiger partial charge in [-0.2, -0.15) is 0 Å². The van der Waals surface area contributed by atoms with E-state index in [4.69, 9.17) is 16.3 Å². The molecular weight excluding hydrogens is 436 g/mol. The topological polar surface area (TPSA) is 75.7 Å². The molecule has 3 rings (SSSR count). The molecule has 0 bridgehead atoms. The van der Waals surface area contributed by atoms with Crippen LogP contribution < -0.4 is 14.4 Å². The van der Waals surface area contributed by atoms with Gasteiger partial charge in [-0.05, 0) is 74.0 Å². The molecule has 0 aliphatic rings. The van der Waals surface area contributed by atoms with Crippen molar-refractivity contribution >= 4 is 38.9 Å². The van der Waals surface area contributed by atoms with E-state index in [0.717, 1.165) is 9.87 Å². The summed E-state index contributed by atoms with van der Waals surface area (Å²) in [5, 5.41) is 3.21. The number of anilines is 2. The minimum absolute atomic E-state index is 0.102. The van der Waals surface area contributed by atoms with Crippen LogP contribution in [0.3, 0.4) is 0 Å². The highest BCUT2D eigenvalue weighted by molar-refractivity contribution is 7.92. The summed E-state index contributed by atoms with van der Waals surface area (Å²) in [7, 11) is -2.44. The van der Waals surface area contributed by atoms with Gasteiger partial charge in [-0.15, -0.1) is 0 Å². The van der Waals surface area contributed by atoms with Gasteiger partial charge >= 0.3 is 0 Å². The molecule has 8 heteroatoms. The zero-order chi connectivity index (χ0) is 22.6. The summed E-state index contributed by atoms with van der Waals surface area (Å²) in [6.45, 7) is 3.23. The van der Waals surface area contributed by atoms with Gasteiger partial charge in [0.15, 0.2) is 0 Å². The van der Waals surface area contributed by atoms with Crippen molar-refractivity contribution in [3.8, 4) is 5.75 Å². The van der Waals surface area contributed by atoms with Crippen molar-refractivity contribution in [3.63, 3.8) is 0 Å². The largest absolute Gasteiger partial charge is 0.497 e. The summed E-state index contributed by atoms with van der Waals surface area (Å²) in [5.74, 6) is 0.175. The van der Waals surface area contributed by atoms with Crippen LogP contribution in [0.4, 0.5) is 11.4 Å². The second-order valence-electron chi connectivity index (χ2n) is 7.03. The van der Waals surface area contributed by atoms with E-state index in [1.54, 1.807) is 68.6 Å². The third-order valence-corrected chi connectivity index (χ3v) is 6.71. The molecule has 31 heavy (non-hydrogen) atoms. The van der Waals surface area contributed by atoms with Crippen LogP contribution >= 0.6 is 11.6 Å². The number of ether oxygens (including phenoxy) is 1. The van der Waals surface area contributed by atoms with Gasteiger partial charge in [-0.1, -0.05) is 29.3 Å². The van der Waals surface area contributed by atoms with Crippen LogP contribution in [-0.4, -0.2) is 28.0 Å². The molecule has 0 aliphatic heterocycles. The lowest BCUT2D eigenvalue weighted by Crippen LogP contribution is -2.38. The normalized spacial score (nSPS) is 11.1. The predicted molar refractivity (Wildman–Crippen MR) is 124 cm³/mol. The average molecular weight is 459 g/mol. The van der Waals surface area contributed by atoms with Crippen LogP contribution in [0.5, 0.6) is 5.75 Å². The molecule has 0 unspecified atom stereocenters. The maximum Gasteiger partial charge on any atom is 0.264 e. The van der Waals surface area contributed by atoms with Crippen molar-refractivity contribution < 1.29 is 17.9 Å². The Hall–Kier alpha value is -3.03. The van der Waals surface area contributed by atoms with Crippen molar-refractivity contribution in [3.05, 3.63) is 82.9 Å². The minimum atomic E-state index is -3.99. The van der Waals surface area contributed by atoms with Gasteiger partial charge in [0.2, 0.25) is 5.91 Å². The van der Waals surface area contributed by atoms with E-state index >= 15 is 0 Å². The highest BCUT2D eigenvalue weighted by Crippen LogP contribution is 2.29. The highest BCUT2D eigenvalue weighted by atomic mass is 35.5. The first-order valence-electron chi connectivity index (χ1n) is 9.50. The van der Waals surface area contributed by atoms with Crippen molar-refractivity contribution in [2.45, 2.75) is 18.7 Å². The molecule has 0 saturated heterocycles. The number of carbonyl (C=O) groups excluding carboxylic acids is 1. The van der Waals surface area contributed by atoms with Gasteiger partial charge in [-0.25, -0.2) is 8.42 Å². The Morgan fingerprint density at radius 1 is 1.00 bits per heavy atom. The Labute approximate surface area is 187 Å². The number of aryl methyl sites for hydroxylation is 2. The van der Waals surface area contributed by atoms with Gasteiger partial charge in [0.05, 0.1) is 17.7 Å². The third kappa shape index (κ3) is 5.37. The van der Waals surface area contributed by atoms with Crippen LogP contribution in [0.25, 0.3) is 0 Å². The molecule has 0 fully saturated rings. The lowest BCUT2D eigenvalue weighted by Gasteiger charge is -2.26. The minimum Gasteiger partial charge on any atom is -0.497 e. The van der Waals surface area contributed by atoms with Gasteiger partial charge in [-0.3, -0.25) is 9.10 Å². The van der Waals surface area contributed by atoms with E-state index in [9.17, 15) is 13.2 Å². The van der Waals surface area contributed by atoms with Crippen molar-refractivity contribution in [1.29, 1.82) is 0 Å². The number of nitrogens with one attached hydrogen (secondary N) is 1. The monoisotopic (exact) mass is 458 g/mol. The Morgan fingerprint density at radius 2 is 1.65 bits per heavy atom. The van der Waals surface area contributed by atoms with E-state index in [1.165, 1.54) is 12.1 Å². The van der Waals surface area contributed by atoms with Crippen molar-refractivity contribution in [2.75, 3.05) is 23.3 Å². The summed E-state index contributed by atoms with van der Waals surface area (Å²) < 4.78 is 33.1. The number of methoxy groups -OCH3 is 1. The third-order valence-electron chi connectivity index (χ3n) is 4.70. The Morgan fingerprint density at radius 3 is 2.23 bits per heavy atom. The van der Waals surface area contributed by atoms with E-state index in [2.05, 4.69) is 5.32 Å². The molecule has 0 radical (unpaired) electrons. The Kier molecular flexibility index (Phi) is 6.87. The molecule has 0 aliphatic carbocycles. The highest BCUT2D eigenvalue weighted by Gasteiger charge is 2.28. The summed E-state index contributed by atoms with van der Waals surface area (Å²) in [6, 6.07) is 18.2. The average Bonchev–Trinajstić information content (AvgIpc) is 2.73. The summed E-state index contributed by atoms with van der Waals surface area (Å²) >= 11 is 6.05. The van der Waals surface area contributed by atoms with Crippen LogP contribution in [0.1, 0.15) is 11.1 Å². The maximum atomic E-state index is 13.4. The number of carbonyl (C=O) groups is 1. The van der Waals surface area contributed by atoms with Gasteiger partial charge in [0.25, 0.3) is 10.0 Å². The number of hydrogen-bond acceptors (Lipinski definition) is 4. The van der Waals surface area contributed by atoms with E-state index in [-0.39, 0.29) is 4.90 Å². The summed E-state index contributed by atoms with van der Waals surface area (Å²) in [5.41, 5.74) is 2.49. The number of benzene rings is 3. The van der Waals surface area contributed by atoms with Gasteiger partial charge in [0, 0.05) is 10.7 Å². The molecule has 3 aromatic carbocycles. The fourth-order valence-electron chi connectivity index (χ4n) is 3.04. The quantitative estimate of drug-likeness (QED) is 0.551. The second-order valence-corrected chi connectivity index (χ2v) is 9.33. The van der Waals surface area contributed by atoms with Crippen molar-refractivity contribution in [1.82, 2.24) is 0 Å². The van der Waals surface area contributed by atoms with Gasteiger partial charge < -0.3 is 10.1 Å². The molecule has 0 spiro atoms. The number of rotatable bonds is 7. The van der Waals surface area contributed by atoms with Crippen LogP contribution in [0.15, 0.2) is 71.6 Å². The first-order valence-corrected chi connectivity index (χ1v) is 11.3. The number of hydrogen-bond donors (Lipinski definition) is 1. The first kappa shape index (κ1) is 22.7. The van der Waals surface area contributed by atoms with Crippen LogP contribution in [0, 0.1) is 13.8 Å². The van der Waals surface area contributed by atoms with Gasteiger partial charge in [0.1, 0.15) is 12.3 Å². The molecule has 0 saturated carbocycles. The summed E-state index contributed by atoms with van der Waals surface area (Å²) in [6.07, 6.45) is 0. The Bertz CT molecular complexity index is 1180. The molecule has 0 atom stereocenters. The zero-order valence-corrected chi connectivity index (χ0v) is 19.0. The fourth-order valence-corrected chi connectivity index (χ4v) is 4.75. The number of amides is 1. The van der Waals surface area contributed by atoms with Crippen molar-refractivity contribution in [2.24, 2.45) is 0 Å². The number of nitrogens with zero attached hydrogens (tertiary/aromatic N) is 1. The zero-order valence-electron chi connectivity index (χ0n) is 17.4. The second kappa shape index (κ2) is 9.41. The molecule has 3 aromatic rings. The number of sulfonamides is 1. The standard InChI is InChI=1S/C23H23ClN2O4S/c1-16-4-11-21(12-5-16)31(28,29)26(22-13-6-18(24)14-17(22)2)15-23(27)25-19-7-9-20(30-3)10-8-19/h4-14H,15H2,1-3H3,(H,25,27). The molecule has 6 nitrogen and oxygen atoms in total. The lowest BCUT2D eigenvalue weighted by atomic mass is 10.2. The van der Waals surface area contributed by atoms with E-state index in [0.29, 0.717) is 27.7 Å². The van der Waals surface area contributed by atoms with E-state index < -0.39 is 22.5 Å². The summed E-state index contributed by atoms with van der Waals surface area (Å²) in [4.78, 5) is 12.9. The van der Waals surface area contributed by atoms with E-state index in [1.807, 2.05) is 6.92 Å². The molecule has 1 amide bonds. The molecular formula is C23H23ClN2O4S. The molecule has 0 aromatic heterocycles. The lowest BCUT2D eigenvalue weighted by molar-refractivity contribution is -0.114. The molecule has 0 heterocycles. The first-order chi connectivity index (χ1) is 14.7. The SMILES string of the molecule is COc1ccc(NC(=O)CN(c2ccc(Cl)cc2C)S(=O)(=O)c2ccc(C)cc2)cc1. The Balaban J connectivity index is 1.95. The molecule has 1 N–H and O–H groups in total. The molecule has 162 valence electrons. The van der Waals surface area contributed by atoms with Crippen LogP contribution in [-0.2, 0) is 14.8 Å². The number of halogens is 1. The van der Waals surface area contributed by atoms with Crippen LogP contribution in [0.2, 0.25) is 5.02 Å².